The quantitative estimate of drug-likeness (QED) is 0.660. The van der Waals surface area contributed by atoms with Crippen LogP contribution in [0.25, 0.3) is 5.69 Å². The summed E-state index contributed by atoms with van der Waals surface area (Å²) < 4.78 is 11.5. The topological polar surface area (TPSA) is 106 Å². The van der Waals surface area contributed by atoms with Gasteiger partial charge in [-0.05, 0) is 31.2 Å². The highest BCUT2D eigenvalue weighted by Crippen LogP contribution is 2.32. The first-order chi connectivity index (χ1) is 13.5. The van der Waals surface area contributed by atoms with Gasteiger partial charge in [-0.15, -0.1) is 0 Å². The third-order valence-corrected chi connectivity index (χ3v) is 4.14. The van der Waals surface area contributed by atoms with Crippen molar-refractivity contribution < 1.29 is 14.6 Å². The van der Waals surface area contributed by atoms with Crippen LogP contribution in [0.15, 0.2) is 63.1 Å². The van der Waals surface area contributed by atoms with Crippen LogP contribution in [0.3, 0.4) is 0 Å². The highest BCUT2D eigenvalue weighted by molar-refractivity contribution is 6.02. The number of benzene rings is 2. The van der Waals surface area contributed by atoms with Crippen molar-refractivity contribution in [1.29, 1.82) is 0 Å². The van der Waals surface area contributed by atoms with Crippen LogP contribution in [0.4, 0.5) is 5.69 Å². The van der Waals surface area contributed by atoms with Gasteiger partial charge in [0.1, 0.15) is 22.7 Å². The molecule has 0 aliphatic rings. The monoisotopic (exact) mass is 381 g/mol. The molecule has 1 heterocycles. The number of para-hydroxylation sites is 1. The van der Waals surface area contributed by atoms with Crippen molar-refractivity contribution in [2.24, 2.45) is 4.99 Å². The summed E-state index contributed by atoms with van der Waals surface area (Å²) in [6.45, 7) is 1.56. The SMILES string of the molecule is COc1ccc(N=C(C)c2c(O)n(-c3ccccc3)c(=O)[nH]c2=O)c(OC)c1. The number of aliphatic imine (C=N–C) groups is 1. The van der Waals surface area contributed by atoms with Crippen LogP contribution in [-0.4, -0.2) is 34.6 Å². The smallest absolute Gasteiger partial charge is 0.335 e. The van der Waals surface area contributed by atoms with Crippen molar-refractivity contribution >= 4 is 11.4 Å². The van der Waals surface area contributed by atoms with Gasteiger partial charge >= 0.3 is 5.69 Å². The maximum atomic E-state index is 12.4. The Morgan fingerprint density at radius 3 is 2.43 bits per heavy atom. The van der Waals surface area contributed by atoms with E-state index in [4.69, 9.17) is 9.47 Å². The first-order valence-electron chi connectivity index (χ1n) is 8.37. The number of rotatable bonds is 5. The Balaban J connectivity index is 2.18. The van der Waals surface area contributed by atoms with Crippen molar-refractivity contribution in [2.45, 2.75) is 6.92 Å². The van der Waals surface area contributed by atoms with Gasteiger partial charge < -0.3 is 14.6 Å². The van der Waals surface area contributed by atoms with Gasteiger partial charge in [0.05, 0.1) is 25.6 Å². The fourth-order valence-corrected chi connectivity index (χ4v) is 2.78. The average Bonchev–Trinajstić information content (AvgIpc) is 2.68. The Labute approximate surface area is 160 Å². The predicted octanol–water partition coefficient (Wildman–Crippen LogP) is 2.39. The lowest BCUT2D eigenvalue weighted by Gasteiger charge is -2.12. The lowest BCUT2D eigenvalue weighted by molar-refractivity contribution is 0.395. The largest absolute Gasteiger partial charge is 0.497 e. The number of hydrogen-bond acceptors (Lipinski definition) is 6. The molecule has 0 amide bonds. The Morgan fingerprint density at radius 1 is 1.07 bits per heavy atom. The lowest BCUT2D eigenvalue weighted by Crippen LogP contribution is -2.32. The molecule has 0 radical (unpaired) electrons. The second-order valence-corrected chi connectivity index (χ2v) is 5.86. The molecule has 0 spiro atoms. The highest BCUT2D eigenvalue weighted by atomic mass is 16.5. The van der Waals surface area contributed by atoms with Gasteiger partial charge in [-0.3, -0.25) is 9.78 Å². The number of nitrogens with one attached hydrogen (secondary N) is 1. The van der Waals surface area contributed by atoms with E-state index in [9.17, 15) is 14.7 Å². The number of aromatic hydroxyl groups is 1. The predicted molar refractivity (Wildman–Crippen MR) is 106 cm³/mol. The molecule has 0 aliphatic carbocycles. The molecule has 0 saturated carbocycles. The molecule has 144 valence electrons. The number of aromatic amines is 1. The van der Waals surface area contributed by atoms with E-state index in [1.807, 2.05) is 0 Å². The summed E-state index contributed by atoms with van der Waals surface area (Å²) in [7, 11) is 3.02. The van der Waals surface area contributed by atoms with E-state index in [1.165, 1.54) is 14.2 Å². The van der Waals surface area contributed by atoms with Crippen molar-refractivity contribution in [3.63, 3.8) is 0 Å². The van der Waals surface area contributed by atoms with E-state index < -0.39 is 17.1 Å². The van der Waals surface area contributed by atoms with Gasteiger partial charge in [0.2, 0.25) is 5.88 Å². The Hall–Kier alpha value is -3.81. The third kappa shape index (κ3) is 3.52. The van der Waals surface area contributed by atoms with Gasteiger partial charge in [-0.25, -0.2) is 14.4 Å². The van der Waals surface area contributed by atoms with Crippen molar-refractivity contribution in [3.05, 3.63) is 74.9 Å². The number of methoxy groups -OCH3 is 2. The number of hydrogen-bond donors (Lipinski definition) is 2. The molecule has 0 unspecified atom stereocenters. The summed E-state index contributed by atoms with van der Waals surface area (Å²) in [5, 5.41) is 10.7. The molecule has 0 aliphatic heterocycles. The zero-order chi connectivity index (χ0) is 20.3. The molecule has 0 saturated heterocycles. The van der Waals surface area contributed by atoms with Crippen molar-refractivity contribution in [3.8, 4) is 23.1 Å². The standard InChI is InChI=1S/C20H19N3O5/c1-12(21-15-10-9-14(27-2)11-16(15)28-3)17-18(24)22-20(26)23(19(17)25)13-7-5-4-6-8-13/h4-11,25H,1-3H3,(H,22,24,26). The zero-order valence-electron chi connectivity index (χ0n) is 15.6. The number of nitrogens with zero attached hydrogens (tertiary/aromatic N) is 2. The van der Waals surface area contributed by atoms with E-state index in [2.05, 4.69) is 9.98 Å². The van der Waals surface area contributed by atoms with E-state index in [1.54, 1.807) is 55.5 Å². The molecule has 8 nitrogen and oxygen atoms in total. The molecule has 3 aromatic rings. The summed E-state index contributed by atoms with van der Waals surface area (Å²) in [6.07, 6.45) is 0. The number of ether oxygens (including phenoxy) is 2. The Bertz CT molecular complexity index is 1150. The van der Waals surface area contributed by atoms with Crippen LogP contribution in [0.1, 0.15) is 12.5 Å². The third-order valence-electron chi connectivity index (χ3n) is 4.14. The molecule has 3 rings (SSSR count). The fourth-order valence-electron chi connectivity index (χ4n) is 2.78. The van der Waals surface area contributed by atoms with Crippen molar-refractivity contribution in [2.75, 3.05) is 14.2 Å². The van der Waals surface area contributed by atoms with Crippen LogP contribution in [0, 0.1) is 0 Å². The van der Waals surface area contributed by atoms with E-state index in [0.717, 1.165) is 4.57 Å². The minimum Gasteiger partial charge on any atom is -0.497 e. The molecule has 2 aromatic carbocycles. The molecule has 8 heteroatoms. The molecular weight excluding hydrogens is 362 g/mol. The fraction of sp³-hybridized carbons (Fsp3) is 0.150. The average molecular weight is 381 g/mol. The molecular formula is C20H19N3O5. The molecule has 0 bridgehead atoms. The molecule has 28 heavy (non-hydrogen) atoms. The maximum absolute atomic E-state index is 12.4. The second-order valence-electron chi connectivity index (χ2n) is 5.86. The van der Waals surface area contributed by atoms with Gasteiger partial charge in [-0.2, -0.15) is 0 Å². The van der Waals surface area contributed by atoms with Crippen LogP contribution < -0.4 is 20.7 Å². The van der Waals surface area contributed by atoms with Crippen LogP contribution in [-0.2, 0) is 0 Å². The highest BCUT2D eigenvalue weighted by Gasteiger charge is 2.18. The molecule has 2 N–H and O–H groups in total. The maximum Gasteiger partial charge on any atom is 0.335 e. The van der Waals surface area contributed by atoms with Crippen molar-refractivity contribution in [1.82, 2.24) is 9.55 Å². The van der Waals surface area contributed by atoms with Gasteiger partial charge in [0.15, 0.2) is 0 Å². The van der Waals surface area contributed by atoms with E-state index in [0.29, 0.717) is 22.9 Å². The van der Waals surface area contributed by atoms with Gasteiger partial charge in [0.25, 0.3) is 5.56 Å². The van der Waals surface area contributed by atoms with E-state index >= 15 is 0 Å². The minimum atomic E-state index is -0.743. The van der Waals surface area contributed by atoms with Crippen LogP contribution >= 0.6 is 0 Å². The van der Waals surface area contributed by atoms with E-state index in [-0.39, 0.29) is 11.3 Å². The van der Waals surface area contributed by atoms with Gasteiger partial charge in [0, 0.05) is 6.07 Å². The van der Waals surface area contributed by atoms with Crippen LogP contribution in [0.5, 0.6) is 17.4 Å². The number of H-pyrrole nitrogens is 1. The number of aromatic nitrogens is 2. The first kappa shape index (κ1) is 19.0. The Kier molecular flexibility index (Phi) is 5.30. The molecule has 1 aromatic heterocycles. The summed E-state index contributed by atoms with van der Waals surface area (Å²) in [5.41, 5.74) is -0.515. The van der Waals surface area contributed by atoms with Crippen LogP contribution in [0.2, 0.25) is 0 Å². The minimum absolute atomic E-state index is 0.110. The zero-order valence-corrected chi connectivity index (χ0v) is 15.6. The second kappa shape index (κ2) is 7.83. The summed E-state index contributed by atoms with van der Waals surface area (Å²) in [4.78, 5) is 31.2. The first-order valence-corrected chi connectivity index (χ1v) is 8.37. The lowest BCUT2D eigenvalue weighted by atomic mass is 10.2. The normalized spacial score (nSPS) is 11.3. The summed E-state index contributed by atoms with van der Waals surface area (Å²) >= 11 is 0. The summed E-state index contributed by atoms with van der Waals surface area (Å²) in [5.74, 6) is 0.534. The molecule has 0 fully saturated rings. The summed E-state index contributed by atoms with van der Waals surface area (Å²) in [6, 6.07) is 13.5. The Morgan fingerprint density at radius 2 is 1.79 bits per heavy atom. The molecule has 0 atom stereocenters. The van der Waals surface area contributed by atoms with Gasteiger partial charge in [-0.1, -0.05) is 18.2 Å².